The Labute approximate surface area is 201 Å². The maximum atomic E-state index is 13.2. The monoisotopic (exact) mass is 493 g/mol. The second-order valence-corrected chi connectivity index (χ2v) is 9.85. The first-order chi connectivity index (χ1) is 16.8. The number of pyridine rings is 1. The van der Waals surface area contributed by atoms with Gasteiger partial charge in [0.25, 0.3) is 10.0 Å². The molecule has 35 heavy (non-hydrogen) atoms. The molecule has 178 valence electrons. The zero-order valence-electron chi connectivity index (χ0n) is 18.9. The molecule has 2 aromatic carbocycles. The maximum Gasteiger partial charge on any atom is 0.387 e. The summed E-state index contributed by atoms with van der Waals surface area (Å²) >= 11 is 0. The van der Waals surface area contributed by atoms with Crippen LogP contribution in [0.1, 0.15) is 11.4 Å². The summed E-state index contributed by atoms with van der Waals surface area (Å²) in [5.74, 6) is 0.0548. The average molecular weight is 494 g/mol. The van der Waals surface area contributed by atoms with E-state index in [9.17, 15) is 17.2 Å². The van der Waals surface area contributed by atoms with E-state index in [0.717, 1.165) is 16.6 Å². The third-order valence-corrected chi connectivity index (χ3v) is 7.71. The Kier molecular flexibility index (Phi) is 5.64. The molecule has 0 saturated carbocycles. The van der Waals surface area contributed by atoms with Gasteiger partial charge in [-0.2, -0.15) is 13.9 Å². The van der Waals surface area contributed by atoms with Crippen molar-refractivity contribution in [2.24, 2.45) is 0 Å². The first-order valence-corrected chi connectivity index (χ1v) is 12.2. The summed E-state index contributed by atoms with van der Waals surface area (Å²) in [5.41, 5.74) is 5.00. The zero-order valence-corrected chi connectivity index (χ0v) is 19.7. The summed E-state index contributed by atoms with van der Waals surface area (Å²) in [6.45, 7) is 0.601. The summed E-state index contributed by atoms with van der Waals surface area (Å²) in [6.07, 6.45) is 1.81. The fourth-order valence-electron chi connectivity index (χ4n) is 4.21. The molecule has 0 amide bonds. The average Bonchev–Trinajstić information content (AvgIpc) is 3.39. The van der Waals surface area contributed by atoms with Crippen LogP contribution in [0.25, 0.3) is 27.9 Å². The largest absolute Gasteiger partial charge is 0.435 e. The van der Waals surface area contributed by atoms with E-state index in [4.69, 9.17) is 5.10 Å². The number of hydrogen-bond acceptors (Lipinski definition) is 4. The van der Waals surface area contributed by atoms with Crippen molar-refractivity contribution in [3.05, 3.63) is 96.4 Å². The number of alkyl halides is 2. The Morgan fingerprint density at radius 3 is 2.09 bits per heavy atom. The van der Waals surface area contributed by atoms with Crippen LogP contribution in [0, 0.1) is 13.8 Å². The number of rotatable bonds is 6. The van der Waals surface area contributed by atoms with E-state index in [1.54, 1.807) is 66.9 Å². The van der Waals surface area contributed by atoms with Gasteiger partial charge in [0.2, 0.25) is 0 Å². The molecule has 3 aromatic heterocycles. The lowest BCUT2D eigenvalue weighted by molar-refractivity contribution is -0.0498. The van der Waals surface area contributed by atoms with Gasteiger partial charge in [0.15, 0.2) is 0 Å². The number of aryl methyl sites for hydroxylation is 2. The molecule has 0 radical (unpaired) electrons. The Bertz CT molecular complexity index is 1600. The fraction of sp³-hybridized carbons (Fsp3) is 0.115. The van der Waals surface area contributed by atoms with E-state index in [-0.39, 0.29) is 10.6 Å². The van der Waals surface area contributed by atoms with Gasteiger partial charge in [-0.05, 0) is 80.1 Å². The normalized spacial score (nSPS) is 11.9. The molecule has 0 unspecified atom stereocenters. The molecule has 0 saturated heterocycles. The van der Waals surface area contributed by atoms with Crippen LogP contribution in [0.4, 0.5) is 8.78 Å². The second kappa shape index (κ2) is 8.66. The second-order valence-electron chi connectivity index (χ2n) is 8.07. The van der Waals surface area contributed by atoms with Gasteiger partial charge in [0.1, 0.15) is 11.4 Å². The molecule has 0 bridgehead atoms. The number of ether oxygens (including phenoxy) is 1. The first kappa shape index (κ1) is 22.8. The van der Waals surface area contributed by atoms with Gasteiger partial charge in [-0.15, -0.1) is 0 Å². The van der Waals surface area contributed by atoms with Crippen molar-refractivity contribution in [3.8, 4) is 28.1 Å². The molecule has 0 aliphatic carbocycles. The number of aromatic nitrogens is 3. The number of nitrogens with zero attached hydrogens (tertiary/aromatic N) is 3. The molecule has 5 rings (SSSR count). The van der Waals surface area contributed by atoms with E-state index in [1.807, 2.05) is 24.4 Å². The van der Waals surface area contributed by atoms with Crippen LogP contribution >= 0.6 is 0 Å². The van der Waals surface area contributed by atoms with Crippen molar-refractivity contribution in [2.45, 2.75) is 25.4 Å². The minimum absolute atomic E-state index is 0.0548. The summed E-state index contributed by atoms with van der Waals surface area (Å²) in [6, 6.07) is 22.1. The molecular weight excluding hydrogens is 472 g/mol. The molecule has 0 aliphatic rings. The highest BCUT2D eigenvalue weighted by atomic mass is 32.2. The van der Waals surface area contributed by atoms with Crippen molar-refractivity contribution >= 4 is 15.5 Å². The van der Waals surface area contributed by atoms with E-state index < -0.39 is 16.6 Å². The molecule has 5 aromatic rings. The van der Waals surface area contributed by atoms with Crippen LogP contribution in [-0.2, 0) is 10.0 Å². The Hall–Kier alpha value is -3.98. The Morgan fingerprint density at radius 2 is 1.46 bits per heavy atom. The first-order valence-electron chi connectivity index (χ1n) is 10.8. The lowest BCUT2D eigenvalue weighted by Gasteiger charge is -2.12. The third-order valence-electron chi connectivity index (χ3n) is 5.78. The van der Waals surface area contributed by atoms with Gasteiger partial charge in [-0.3, -0.25) is 0 Å². The highest BCUT2D eigenvalue weighted by Crippen LogP contribution is 2.36. The SMILES string of the molecule is Cc1ccc(C)n1S(=O)(=O)c1ccc(-c2c(-c3ccc(OC(F)F)cc3)nn3ccccc23)cc1. The summed E-state index contributed by atoms with van der Waals surface area (Å²) < 4.78 is 59.0. The van der Waals surface area contributed by atoms with Crippen molar-refractivity contribution in [3.63, 3.8) is 0 Å². The molecule has 6 nitrogen and oxygen atoms in total. The van der Waals surface area contributed by atoms with E-state index in [1.165, 1.54) is 16.1 Å². The molecule has 9 heteroatoms. The summed E-state index contributed by atoms with van der Waals surface area (Å²) in [5, 5.41) is 4.69. The lowest BCUT2D eigenvalue weighted by Crippen LogP contribution is -2.15. The minimum Gasteiger partial charge on any atom is -0.435 e. The number of hydrogen-bond donors (Lipinski definition) is 0. The van der Waals surface area contributed by atoms with E-state index in [2.05, 4.69) is 4.74 Å². The van der Waals surface area contributed by atoms with Crippen LogP contribution in [-0.4, -0.2) is 28.6 Å². The molecule has 0 atom stereocenters. The van der Waals surface area contributed by atoms with Crippen molar-refractivity contribution in [1.29, 1.82) is 0 Å². The number of fused-ring (bicyclic) bond motifs is 1. The zero-order chi connectivity index (χ0) is 24.7. The fourth-order valence-corrected chi connectivity index (χ4v) is 5.78. The predicted molar refractivity (Wildman–Crippen MR) is 129 cm³/mol. The maximum absolute atomic E-state index is 13.2. The van der Waals surface area contributed by atoms with Gasteiger partial charge < -0.3 is 4.74 Å². The molecule has 0 fully saturated rings. The van der Waals surface area contributed by atoms with Crippen LogP contribution in [0.3, 0.4) is 0 Å². The van der Waals surface area contributed by atoms with Gasteiger partial charge in [-0.1, -0.05) is 18.2 Å². The Balaban J connectivity index is 1.60. The highest BCUT2D eigenvalue weighted by molar-refractivity contribution is 7.90. The summed E-state index contributed by atoms with van der Waals surface area (Å²) in [7, 11) is -3.74. The summed E-state index contributed by atoms with van der Waals surface area (Å²) in [4.78, 5) is 0.176. The van der Waals surface area contributed by atoms with Crippen LogP contribution in [0.15, 0.2) is 90.0 Å². The van der Waals surface area contributed by atoms with E-state index in [0.29, 0.717) is 22.6 Å². The standard InChI is InChI=1S/C26H21F2N3O3S/c1-17-6-7-18(2)31(17)35(32,33)22-14-10-19(11-15-22)24-23-5-3-4-16-30(23)29-25(24)20-8-12-21(13-9-20)34-26(27)28/h3-16,26H,1-2H3. The van der Waals surface area contributed by atoms with Crippen LogP contribution in [0.5, 0.6) is 5.75 Å². The number of halogens is 2. The molecule has 3 heterocycles. The quantitative estimate of drug-likeness (QED) is 0.294. The topological polar surface area (TPSA) is 65.6 Å². The molecule has 0 N–H and O–H groups in total. The van der Waals surface area contributed by atoms with Crippen molar-refractivity contribution in [2.75, 3.05) is 0 Å². The molecule has 0 spiro atoms. The van der Waals surface area contributed by atoms with Crippen LogP contribution in [0.2, 0.25) is 0 Å². The van der Waals surface area contributed by atoms with Crippen molar-refractivity contribution in [1.82, 2.24) is 13.6 Å². The van der Waals surface area contributed by atoms with Gasteiger partial charge in [0.05, 0.1) is 10.4 Å². The van der Waals surface area contributed by atoms with Gasteiger partial charge >= 0.3 is 6.61 Å². The minimum atomic E-state index is -3.74. The smallest absolute Gasteiger partial charge is 0.387 e. The number of benzene rings is 2. The molecule has 0 aliphatic heterocycles. The molecular formula is C26H21F2N3O3S. The lowest BCUT2D eigenvalue weighted by atomic mass is 10.00. The van der Waals surface area contributed by atoms with Crippen LogP contribution < -0.4 is 4.74 Å². The predicted octanol–water partition coefficient (Wildman–Crippen LogP) is 5.93. The van der Waals surface area contributed by atoms with Gasteiger partial charge in [-0.25, -0.2) is 16.9 Å². The van der Waals surface area contributed by atoms with Gasteiger partial charge in [0, 0.05) is 28.7 Å². The highest BCUT2D eigenvalue weighted by Gasteiger charge is 2.22. The Morgan fingerprint density at radius 1 is 0.829 bits per heavy atom. The van der Waals surface area contributed by atoms with Crippen molar-refractivity contribution < 1.29 is 21.9 Å². The van der Waals surface area contributed by atoms with E-state index >= 15 is 0 Å². The third kappa shape index (κ3) is 4.08.